The minimum Gasteiger partial charge on any atom is -0.454 e. The quantitative estimate of drug-likeness (QED) is 0.665. The molecule has 1 saturated heterocycles. The average Bonchev–Trinajstić information content (AvgIpc) is 3.38. The van der Waals surface area contributed by atoms with Crippen molar-refractivity contribution in [3.05, 3.63) is 47.9 Å². The van der Waals surface area contributed by atoms with E-state index in [2.05, 4.69) is 16.0 Å². The molecular weight excluding hydrogens is 404 g/mol. The minimum absolute atomic E-state index is 0.0927. The summed E-state index contributed by atoms with van der Waals surface area (Å²) in [7, 11) is 0. The molecule has 7 nitrogen and oxygen atoms in total. The lowest BCUT2D eigenvalue weighted by Gasteiger charge is -2.36. The fraction of sp³-hybridized carbons (Fsp3) is 0.400. The SMILES string of the molecule is Cc1cccc(-c2nc3n(c2-c2ccc4c(c2)OCO4)CCC[C@]32CCNC(=O)CC2)n1. The lowest BCUT2D eigenvalue weighted by Crippen LogP contribution is -2.35. The van der Waals surface area contributed by atoms with Crippen molar-refractivity contribution in [3.63, 3.8) is 0 Å². The number of ether oxygens (including phenoxy) is 2. The Morgan fingerprint density at radius 2 is 1.97 bits per heavy atom. The van der Waals surface area contributed by atoms with E-state index in [9.17, 15) is 4.79 Å². The standard InChI is InChI=1S/C25H26N4O3/c1-16-4-2-5-18(27-16)22-23(17-6-7-19-20(14-17)32-15-31-19)29-13-3-9-25(24(29)28-22)10-8-21(30)26-12-11-25/h2,4-7,14H,3,8-13,15H2,1H3,(H,26,30)/t25-/m0/s1. The Morgan fingerprint density at radius 3 is 2.88 bits per heavy atom. The molecule has 0 bridgehead atoms. The number of benzene rings is 1. The van der Waals surface area contributed by atoms with Crippen LogP contribution in [0.2, 0.25) is 0 Å². The number of amides is 1. The highest BCUT2D eigenvalue weighted by molar-refractivity contribution is 5.80. The van der Waals surface area contributed by atoms with Crippen LogP contribution in [0.5, 0.6) is 11.5 Å². The zero-order valence-electron chi connectivity index (χ0n) is 18.2. The lowest BCUT2D eigenvalue weighted by molar-refractivity contribution is -0.120. The van der Waals surface area contributed by atoms with Gasteiger partial charge in [0.05, 0.1) is 11.4 Å². The highest BCUT2D eigenvalue weighted by Gasteiger charge is 2.42. The van der Waals surface area contributed by atoms with Crippen molar-refractivity contribution in [2.45, 2.75) is 51.0 Å². The van der Waals surface area contributed by atoms with Gasteiger partial charge in [0.15, 0.2) is 11.5 Å². The zero-order valence-corrected chi connectivity index (χ0v) is 18.2. The van der Waals surface area contributed by atoms with Crippen molar-refractivity contribution in [1.29, 1.82) is 0 Å². The van der Waals surface area contributed by atoms with Crippen LogP contribution in [0.3, 0.4) is 0 Å². The van der Waals surface area contributed by atoms with Gasteiger partial charge < -0.3 is 19.4 Å². The van der Waals surface area contributed by atoms with Crippen molar-refractivity contribution < 1.29 is 14.3 Å². The Labute approximate surface area is 186 Å². The maximum Gasteiger partial charge on any atom is 0.231 e. The van der Waals surface area contributed by atoms with Gasteiger partial charge in [-0.3, -0.25) is 9.78 Å². The molecule has 1 atom stereocenters. The van der Waals surface area contributed by atoms with Crippen LogP contribution in [0.4, 0.5) is 0 Å². The van der Waals surface area contributed by atoms with Crippen LogP contribution in [0.15, 0.2) is 36.4 Å². The summed E-state index contributed by atoms with van der Waals surface area (Å²) in [5.74, 6) is 2.76. The smallest absolute Gasteiger partial charge is 0.231 e. The van der Waals surface area contributed by atoms with E-state index in [4.69, 9.17) is 19.4 Å². The molecule has 32 heavy (non-hydrogen) atoms. The highest BCUT2D eigenvalue weighted by Crippen LogP contribution is 2.46. The van der Waals surface area contributed by atoms with E-state index >= 15 is 0 Å². The molecule has 0 unspecified atom stereocenters. The molecule has 1 N–H and O–H groups in total. The van der Waals surface area contributed by atoms with Crippen LogP contribution in [-0.4, -0.2) is 33.8 Å². The van der Waals surface area contributed by atoms with E-state index in [-0.39, 0.29) is 18.1 Å². The fourth-order valence-corrected chi connectivity index (χ4v) is 5.43. The highest BCUT2D eigenvalue weighted by atomic mass is 16.7. The van der Waals surface area contributed by atoms with Crippen molar-refractivity contribution in [1.82, 2.24) is 19.9 Å². The van der Waals surface area contributed by atoms with Gasteiger partial charge in [0, 0.05) is 36.2 Å². The molecule has 164 valence electrons. The van der Waals surface area contributed by atoms with Crippen LogP contribution in [0.25, 0.3) is 22.6 Å². The summed E-state index contributed by atoms with van der Waals surface area (Å²) < 4.78 is 13.6. The summed E-state index contributed by atoms with van der Waals surface area (Å²) in [5.41, 5.74) is 4.75. The summed E-state index contributed by atoms with van der Waals surface area (Å²) in [6.45, 7) is 3.85. The third kappa shape index (κ3) is 3.06. The largest absolute Gasteiger partial charge is 0.454 e. The molecule has 1 spiro atoms. The molecule has 1 aromatic carbocycles. The molecule has 3 aliphatic rings. The molecule has 0 saturated carbocycles. The lowest BCUT2D eigenvalue weighted by atomic mass is 9.74. The second-order valence-electron chi connectivity index (χ2n) is 9.00. The van der Waals surface area contributed by atoms with Gasteiger partial charge in [0.25, 0.3) is 0 Å². The minimum atomic E-state index is -0.0927. The molecule has 1 amide bonds. The maximum atomic E-state index is 12.1. The van der Waals surface area contributed by atoms with E-state index in [0.29, 0.717) is 13.0 Å². The first-order chi connectivity index (χ1) is 15.6. The molecule has 3 aliphatic heterocycles. The number of nitrogens with zero attached hydrogens (tertiary/aromatic N) is 3. The van der Waals surface area contributed by atoms with Gasteiger partial charge in [-0.15, -0.1) is 0 Å². The normalized spacial score (nSPS) is 21.8. The van der Waals surface area contributed by atoms with Crippen LogP contribution in [0, 0.1) is 6.92 Å². The molecule has 1 fully saturated rings. The Hall–Kier alpha value is -3.35. The first-order valence-corrected chi connectivity index (χ1v) is 11.3. The number of imidazole rings is 1. The Bertz CT molecular complexity index is 1220. The van der Waals surface area contributed by atoms with Gasteiger partial charge in [0.2, 0.25) is 12.7 Å². The fourth-order valence-electron chi connectivity index (χ4n) is 5.43. The van der Waals surface area contributed by atoms with Gasteiger partial charge in [-0.25, -0.2) is 4.98 Å². The van der Waals surface area contributed by atoms with Crippen LogP contribution >= 0.6 is 0 Å². The Kier molecular flexibility index (Phi) is 4.45. The third-order valence-electron chi connectivity index (χ3n) is 7.01. The van der Waals surface area contributed by atoms with Gasteiger partial charge >= 0.3 is 0 Å². The van der Waals surface area contributed by atoms with E-state index in [1.54, 1.807) is 0 Å². The molecule has 0 radical (unpaired) electrons. The average molecular weight is 431 g/mol. The number of rotatable bonds is 2. The molecule has 0 aliphatic carbocycles. The number of nitrogens with one attached hydrogen (secondary N) is 1. The number of fused-ring (bicyclic) bond motifs is 3. The van der Waals surface area contributed by atoms with Gasteiger partial charge in [-0.2, -0.15) is 0 Å². The number of carbonyl (C=O) groups excluding carboxylic acids is 1. The van der Waals surface area contributed by atoms with Crippen molar-refractivity contribution >= 4 is 5.91 Å². The summed E-state index contributed by atoms with van der Waals surface area (Å²) in [6, 6.07) is 12.2. The van der Waals surface area contributed by atoms with Crippen LogP contribution < -0.4 is 14.8 Å². The number of carbonyl (C=O) groups is 1. The molecule has 2 aromatic heterocycles. The number of hydrogen-bond acceptors (Lipinski definition) is 5. The summed E-state index contributed by atoms with van der Waals surface area (Å²) in [4.78, 5) is 22.2. The topological polar surface area (TPSA) is 78.3 Å². The summed E-state index contributed by atoms with van der Waals surface area (Å²) in [6.07, 6.45) is 4.41. The van der Waals surface area contributed by atoms with E-state index in [0.717, 1.165) is 77.9 Å². The molecular formula is C25H26N4O3. The second kappa shape index (κ2) is 7.36. The van der Waals surface area contributed by atoms with Gasteiger partial charge in [0.1, 0.15) is 11.5 Å². The maximum absolute atomic E-state index is 12.1. The van der Waals surface area contributed by atoms with E-state index in [1.165, 1.54) is 0 Å². The Morgan fingerprint density at radius 1 is 1.06 bits per heavy atom. The monoisotopic (exact) mass is 430 g/mol. The van der Waals surface area contributed by atoms with Crippen LogP contribution in [0.1, 0.15) is 43.6 Å². The number of pyridine rings is 1. The molecule has 3 aromatic rings. The third-order valence-corrected chi connectivity index (χ3v) is 7.01. The first kappa shape index (κ1) is 19.3. The second-order valence-corrected chi connectivity index (χ2v) is 9.00. The molecule has 5 heterocycles. The van der Waals surface area contributed by atoms with Crippen molar-refractivity contribution in [2.75, 3.05) is 13.3 Å². The molecule has 6 rings (SSSR count). The number of aryl methyl sites for hydroxylation is 1. The first-order valence-electron chi connectivity index (χ1n) is 11.3. The Balaban J connectivity index is 1.57. The van der Waals surface area contributed by atoms with Crippen LogP contribution in [-0.2, 0) is 16.8 Å². The number of aromatic nitrogens is 3. The van der Waals surface area contributed by atoms with E-state index < -0.39 is 0 Å². The number of hydrogen-bond donors (Lipinski definition) is 1. The predicted molar refractivity (Wildman–Crippen MR) is 120 cm³/mol. The predicted octanol–water partition coefficient (Wildman–Crippen LogP) is 3.98. The molecule has 7 heteroatoms. The zero-order chi connectivity index (χ0) is 21.7. The van der Waals surface area contributed by atoms with Gasteiger partial charge in [-0.1, -0.05) is 6.07 Å². The van der Waals surface area contributed by atoms with Gasteiger partial charge in [-0.05, 0) is 62.9 Å². The summed E-state index contributed by atoms with van der Waals surface area (Å²) in [5, 5.41) is 3.05. The van der Waals surface area contributed by atoms with Crippen molar-refractivity contribution in [2.24, 2.45) is 0 Å². The van der Waals surface area contributed by atoms with Crippen molar-refractivity contribution in [3.8, 4) is 34.1 Å². The van der Waals surface area contributed by atoms with E-state index in [1.807, 2.05) is 37.3 Å². The summed E-state index contributed by atoms with van der Waals surface area (Å²) >= 11 is 0.